The van der Waals surface area contributed by atoms with Crippen molar-refractivity contribution in [2.24, 2.45) is 11.3 Å². The second-order valence-electron chi connectivity index (χ2n) is 8.45. The van der Waals surface area contributed by atoms with E-state index in [1.54, 1.807) is 0 Å². The molecule has 2 aliphatic rings. The van der Waals surface area contributed by atoms with Gasteiger partial charge in [0, 0.05) is 37.3 Å². The van der Waals surface area contributed by atoms with E-state index in [9.17, 15) is 0 Å². The molecule has 0 aromatic carbocycles. The van der Waals surface area contributed by atoms with Crippen LogP contribution in [0.2, 0.25) is 0 Å². The molecule has 100 valence electrons. The molecule has 0 amide bonds. The molecule has 2 fully saturated rings. The van der Waals surface area contributed by atoms with E-state index in [4.69, 9.17) is 0 Å². The standard InChI is InChI=1S/C15H30N2/c1-13(2,3)16-8-12-9-17(14(4,5)6)11-15(12,7)10-16/h12H,8-11H2,1-7H3. The van der Waals surface area contributed by atoms with Crippen molar-refractivity contribution in [3.8, 4) is 0 Å². The summed E-state index contributed by atoms with van der Waals surface area (Å²) in [6.45, 7) is 21.7. The van der Waals surface area contributed by atoms with E-state index in [1.807, 2.05) is 0 Å². The first-order valence-corrected chi connectivity index (χ1v) is 7.02. The molecule has 0 atom stereocenters. The fraction of sp³-hybridized carbons (Fsp3) is 1.00. The lowest BCUT2D eigenvalue weighted by atomic mass is 9.83. The van der Waals surface area contributed by atoms with Crippen molar-refractivity contribution in [1.82, 2.24) is 9.80 Å². The zero-order chi connectivity index (χ0) is 13.1. The molecule has 0 spiro atoms. The van der Waals surface area contributed by atoms with Gasteiger partial charge in [-0.05, 0) is 52.9 Å². The van der Waals surface area contributed by atoms with Crippen molar-refractivity contribution < 1.29 is 0 Å². The molecule has 17 heavy (non-hydrogen) atoms. The summed E-state index contributed by atoms with van der Waals surface area (Å²) in [5, 5.41) is 0. The van der Waals surface area contributed by atoms with Crippen molar-refractivity contribution >= 4 is 0 Å². The average molecular weight is 238 g/mol. The van der Waals surface area contributed by atoms with Crippen LogP contribution in [0.1, 0.15) is 48.5 Å². The van der Waals surface area contributed by atoms with Crippen LogP contribution in [0.5, 0.6) is 0 Å². The minimum absolute atomic E-state index is 0.333. The molecular formula is C15H30N2. The molecule has 0 bridgehead atoms. The summed E-state index contributed by atoms with van der Waals surface area (Å²) in [7, 11) is 0. The van der Waals surface area contributed by atoms with Gasteiger partial charge in [0.15, 0.2) is 0 Å². The Bertz CT molecular complexity index is 269. The van der Waals surface area contributed by atoms with E-state index in [-0.39, 0.29) is 0 Å². The monoisotopic (exact) mass is 238 g/mol. The summed E-state index contributed by atoms with van der Waals surface area (Å²) < 4.78 is 0. The molecule has 2 heteroatoms. The first-order chi connectivity index (χ1) is 7.52. The van der Waals surface area contributed by atoms with Crippen LogP contribution in [-0.2, 0) is 0 Å². The number of likely N-dealkylation sites (tertiary alicyclic amines) is 2. The Labute approximate surface area is 107 Å². The molecule has 2 heterocycles. The molecule has 0 aliphatic carbocycles. The molecule has 2 rings (SSSR count). The number of rotatable bonds is 0. The summed E-state index contributed by atoms with van der Waals surface area (Å²) in [5.41, 5.74) is 1.18. The first-order valence-electron chi connectivity index (χ1n) is 7.02. The largest absolute Gasteiger partial charge is 0.298 e. The lowest BCUT2D eigenvalue weighted by Crippen LogP contribution is -2.46. The van der Waals surface area contributed by atoms with Crippen LogP contribution in [0.15, 0.2) is 0 Å². The average Bonchev–Trinajstić information content (AvgIpc) is 2.52. The maximum absolute atomic E-state index is 2.68. The van der Waals surface area contributed by atoms with Gasteiger partial charge in [-0.2, -0.15) is 0 Å². The topological polar surface area (TPSA) is 6.48 Å². The van der Waals surface area contributed by atoms with Gasteiger partial charge in [-0.15, -0.1) is 0 Å². The highest BCUT2D eigenvalue weighted by Crippen LogP contribution is 2.45. The highest BCUT2D eigenvalue weighted by atomic mass is 15.3. The molecule has 0 aromatic heterocycles. The molecule has 0 unspecified atom stereocenters. The van der Waals surface area contributed by atoms with Gasteiger partial charge in [-0.3, -0.25) is 9.80 Å². The molecule has 0 radical (unpaired) electrons. The minimum Gasteiger partial charge on any atom is -0.298 e. The van der Waals surface area contributed by atoms with Crippen LogP contribution < -0.4 is 0 Å². The zero-order valence-corrected chi connectivity index (χ0v) is 12.8. The Morgan fingerprint density at radius 3 is 1.41 bits per heavy atom. The highest BCUT2D eigenvalue weighted by molar-refractivity contribution is 5.05. The number of hydrogen-bond acceptors (Lipinski definition) is 2. The van der Waals surface area contributed by atoms with Crippen LogP contribution in [0.25, 0.3) is 0 Å². The minimum atomic E-state index is 0.333. The van der Waals surface area contributed by atoms with Gasteiger partial charge in [0.05, 0.1) is 0 Å². The Morgan fingerprint density at radius 2 is 1.18 bits per heavy atom. The SMILES string of the molecule is CC12CN(C(C)(C)C)CC1CN(C(C)(C)C)C2. The van der Waals surface area contributed by atoms with Crippen LogP contribution in [0.4, 0.5) is 0 Å². The van der Waals surface area contributed by atoms with Gasteiger partial charge >= 0.3 is 0 Å². The maximum Gasteiger partial charge on any atom is 0.0125 e. The van der Waals surface area contributed by atoms with Gasteiger partial charge in [0.2, 0.25) is 0 Å². The Morgan fingerprint density at radius 1 is 0.824 bits per heavy atom. The smallest absolute Gasteiger partial charge is 0.0125 e. The van der Waals surface area contributed by atoms with Crippen molar-refractivity contribution in [2.75, 3.05) is 26.2 Å². The first kappa shape index (κ1) is 13.4. The molecule has 2 saturated heterocycles. The van der Waals surface area contributed by atoms with Gasteiger partial charge in [0.25, 0.3) is 0 Å². The van der Waals surface area contributed by atoms with Crippen LogP contribution in [-0.4, -0.2) is 47.1 Å². The van der Waals surface area contributed by atoms with E-state index in [0.29, 0.717) is 16.5 Å². The molecule has 2 nitrogen and oxygen atoms in total. The van der Waals surface area contributed by atoms with Crippen LogP contribution in [0.3, 0.4) is 0 Å². The van der Waals surface area contributed by atoms with Crippen LogP contribution in [0, 0.1) is 11.3 Å². The van der Waals surface area contributed by atoms with E-state index < -0.39 is 0 Å². The molecule has 0 saturated carbocycles. The fourth-order valence-corrected chi connectivity index (χ4v) is 3.36. The lowest BCUT2D eigenvalue weighted by molar-refractivity contribution is 0.105. The third-order valence-corrected chi connectivity index (χ3v) is 4.87. The predicted octanol–water partition coefficient (Wildman–Crippen LogP) is 2.84. The van der Waals surface area contributed by atoms with E-state index in [0.717, 1.165) is 5.92 Å². The maximum atomic E-state index is 2.68. The molecule has 0 N–H and O–H groups in total. The van der Waals surface area contributed by atoms with Crippen molar-refractivity contribution in [3.05, 3.63) is 0 Å². The van der Waals surface area contributed by atoms with Gasteiger partial charge in [-0.25, -0.2) is 0 Å². The van der Waals surface area contributed by atoms with E-state index >= 15 is 0 Å². The van der Waals surface area contributed by atoms with Gasteiger partial charge < -0.3 is 0 Å². The lowest BCUT2D eigenvalue weighted by Gasteiger charge is -2.37. The van der Waals surface area contributed by atoms with Crippen molar-refractivity contribution in [3.63, 3.8) is 0 Å². The Hall–Kier alpha value is -0.0800. The molecule has 0 aromatic rings. The van der Waals surface area contributed by atoms with Gasteiger partial charge in [0.1, 0.15) is 0 Å². The second kappa shape index (κ2) is 3.71. The van der Waals surface area contributed by atoms with Crippen LogP contribution >= 0.6 is 0 Å². The third-order valence-electron chi connectivity index (χ3n) is 4.87. The molecular weight excluding hydrogens is 208 g/mol. The highest BCUT2D eigenvalue weighted by Gasteiger charge is 2.52. The number of nitrogens with zero attached hydrogens (tertiary/aromatic N) is 2. The zero-order valence-electron chi connectivity index (χ0n) is 12.8. The second-order valence-corrected chi connectivity index (χ2v) is 8.45. The summed E-state index contributed by atoms with van der Waals surface area (Å²) >= 11 is 0. The predicted molar refractivity (Wildman–Crippen MR) is 74.2 cm³/mol. The normalized spacial score (nSPS) is 36.5. The number of fused-ring (bicyclic) bond motifs is 1. The summed E-state index contributed by atoms with van der Waals surface area (Å²) in [5.74, 6) is 0.862. The third kappa shape index (κ3) is 2.39. The summed E-state index contributed by atoms with van der Waals surface area (Å²) in [6, 6.07) is 0. The fourth-order valence-electron chi connectivity index (χ4n) is 3.36. The van der Waals surface area contributed by atoms with Crippen molar-refractivity contribution in [1.29, 1.82) is 0 Å². The van der Waals surface area contributed by atoms with Gasteiger partial charge in [-0.1, -0.05) is 6.92 Å². The Kier molecular flexibility index (Phi) is 2.91. The van der Waals surface area contributed by atoms with E-state index in [2.05, 4.69) is 58.3 Å². The quantitative estimate of drug-likeness (QED) is 0.640. The summed E-state index contributed by atoms with van der Waals surface area (Å²) in [6.07, 6.45) is 0. The molecule has 2 aliphatic heterocycles. The summed E-state index contributed by atoms with van der Waals surface area (Å²) in [4.78, 5) is 5.36. The van der Waals surface area contributed by atoms with Crippen molar-refractivity contribution in [2.45, 2.75) is 59.5 Å². The Balaban J connectivity index is 2.08. The number of hydrogen-bond donors (Lipinski definition) is 0. The van der Waals surface area contributed by atoms with E-state index in [1.165, 1.54) is 26.2 Å².